The third-order valence-corrected chi connectivity index (χ3v) is 4.42. The van der Waals surface area contributed by atoms with Crippen LogP contribution < -0.4 is 14.8 Å². The predicted molar refractivity (Wildman–Crippen MR) is 117 cm³/mol. The molecule has 0 spiro atoms. The van der Waals surface area contributed by atoms with Gasteiger partial charge in [0.25, 0.3) is 5.91 Å². The molecule has 154 valence electrons. The Hall–Kier alpha value is -3.60. The Kier molecular flexibility index (Phi) is 7.61. The Morgan fingerprint density at radius 3 is 2.30 bits per heavy atom. The van der Waals surface area contributed by atoms with Crippen LogP contribution in [-0.2, 0) is 11.2 Å². The van der Waals surface area contributed by atoms with Crippen LogP contribution in [0, 0.1) is 0 Å². The van der Waals surface area contributed by atoms with E-state index in [-0.39, 0.29) is 18.3 Å². The highest BCUT2D eigenvalue weighted by Gasteiger charge is 2.13. The van der Waals surface area contributed by atoms with E-state index in [4.69, 9.17) is 9.47 Å². The average molecular weight is 403 g/mol. The summed E-state index contributed by atoms with van der Waals surface area (Å²) in [6, 6.07) is 23.3. The van der Waals surface area contributed by atoms with Crippen LogP contribution >= 0.6 is 0 Å². The molecule has 3 rings (SSSR count). The van der Waals surface area contributed by atoms with E-state index in [1.54, 1.807) is 42.5 Å². The first-order valence-corrected chi connectivity index (χ1v) is 10.0. The van der Waals surface area contributed by atoms with Crippen LogP contribution in [-0.4, -0.2) is 18.5 Å². The molecular weight excluding hydrogens is 378 g/mol. The lowest BCUT2D eigenvalue weighted by molar-refractivity contribution is -0.133. The Labute approximate surface area is 176 Å². The van der Waals surface area contributed by atoms with Gasteiger partial charge in [0, 0.05) is 5.69 Å². The van der Waals surface area contributed by atoms with Gasteiger partial charge in [0.1, 0.15) is 11.5 Å². The number of ether oxygens (including phenoxy) is 2. The predicted octanol–water partition coefficient (Wildman–Crippen LogP) is 5.27. The fourth-order valence-corrected chi connectivity index (χ4v) is 2.84. The third kappa shape index (κ3) is 6.21. The van der Waals surface area contributed by atoms with Crippen molar-refractivity contribution in [2.75, 3.05) is 11.9 Å². The van der Waals surface area contributed by atoms with Gasteiger partial charge in [-0.25, -0.2) is 0 Å². The second-order valence-electron chi connectivity index (χ2n) is 6.81. The summed E-state index contributed by atoms with van der Waals surface area (Å²) in [5, 5.41) is 2.85. The van der Waals surface area contributed by atoms with E-state index in [0.29, 0.717) is 29.4 Å². The van der Waals surface area contributed by atoms with Crippen molar-refractivity contribution in [1.82, 2.24) is 0 Å². The second kappa shape index (κ2) is 10.8. The molecule has 0 aliphatic heterocycles. The van der Waals surface area contributed by atoms with Gasteiger partial charge in [-0.05, 0) is 48.4 Å². The number of esters is 1. The van der Waals surface area contributed by atoms with E-state index in [9.17, 15) is 9.59 Å². The van der Waals surface area contributed by atoms with Crippen molar-refractivity contribution in [2.45, 2.75) is 26.2 Å². The molecule has 1 N–H and O–H groups in total. The number of rotatable bonds is 9. The maximum atomic E-state index is 12.7. The van der Waals surface area contributed by atoms with E-state index < -0.39 is 0 Å². The number of amides is 1. The smallest absolute Gasteiger partial charge is 0.315 e. The van der Waals surface area contributed by atoms with E-state index >= 15 is 0 Å². The number of hydrogen-bond donors (Lipinski definition) is 1. The first kappa shape index (κ1) is 21.1. The van der Waals surface area contributed by atoms with Crippen molar-refractivity contribution >= 4 is 17.6 Å². The number of para-hydroxylation sites is 1. The lowest BCUT2D eigenvalue weighted by Crippen LogP contribution is -2.14. The minimum absolute atomic E-state index is 0.203. The van der Waals surface area contributed by atoms with Crippen LogP contribution in [0.3, 0.4) is 0 Å². The van der Waals surface area contributed by atoms with Crippen LogP contribution in [0.15, 0.2) is 78.9 Å². The molecule has 3 aromatic rings. The van der Waals surface area contributed by atoms with E-state index in [1.165, 1.54) is 0 Å². The van der Waals surface area contributed by atoms with Crippen molar-refractivity contribution in [3.05, 3.63) is 90.0 Å². The molecule has 0 saturated carbocycles. The minimum atomic E-state index is -0.337. The number of carbonyl (C=O) groups excluding carboxylic acids is 2. The number of benzene rings is 3. The SMILES string of the molecule is CCCCOc1ccccc1C(=O)Nc1ccc(OC(=O)Cc2ccccc2)cc1. The molecule has 5 heteroatoms. The zero-order chi connectivity index (χ0) is 21.2. The Morgan fingerprint density at radius 2 is 1.57 bits per heavy atom. The van der Waals surface area contributed by atoms with Gasteiger partial charge in [0.15, 0.2) is 0 Å². The molecule has 3 aromatic carbocycles. The molecule has 0 bridgehead atoms. The molecule has 30 heavy (non-hydrogen) atoms. The molecule has 0 aromatic heterocycles. The molecule has 0 aliphatic carbocycles. The molecule has 5 nitrogen and oxygen atoms in total. The van der Waals surface area contributed by atoms with Gasteiger partial charge < -0.3 is 14.8 Å². The third-order valence-electron chi connectivity index (χ3n) is 4.42. The highest BCUT2D eigenvalue weighted by atomic mass is 16.5. The van der Waals surface area contributed by atoms with Gasteiger partial charge in [0.05, 0.1) is 18.6 Å². The van der Waals surface area contributed by atoms with Crippen LogP contribution in [0.5, 0.6) is 11.5 Å². The monoisotopic (exact) mass is 403 g/mol. The van der Waals surface area contributed by atoms with Crippen molar-refractivity contribution in [3.8, 4) is 11.5 Å². The fourth-order valence-electron chi connectivity index (χ4n) is 2.84. The lowest BCUT2D eigenvalue weighted by atomic mass is 10.1. The van der Waals surface area contributed by atoms with Gasteiger partial charge in [-0.15, -0.1) is 0 Å². The molecule has 0 heterocycles. The normalized spacial score (nSPS) is 10.3. The van der Waals surface area contributed by atoms with Crippen LogP contribution in [0.4, 0.5) is 5.69 Å². The Morgan fingerprint density at radius 1 is 0.867 bits per heavy atom. The maximum Gasteiger partial charge on any atom is 0.315 e. The topological polar surface area (TPSA) is 64.6 Å². The largest absolute Gasteiger partial charge is 0.493 e. The standard InChI is InChI=1S/C25H25NO4/c1-2-3-17-29-23-12-8-7-11-22(23)25(28)26-20-13-15-21(16-14-20)30-24(27)18-19-9-5-4-6-10-19/h4-16H,2-3,17-18H2,1H3,(H,26,28). The first-order chi connectivity index (χ1) is 14.7. The first-order valence-electron chi connectivity index (χ1n) is 10.0. The number of carbonyl (C=O) groups is 2. The van der Waals surface area contributed by atoms with Gasteiger partial charge >= 0.3 is 5.97 Å². The molecule has 1 amide bonds. The molecule has 0 unspecified atom stereocenters. The summed E-state index contributed by atoms with van der Waals surface area (Å²) < 4.78 is 11.1. The Bertz CT molecular complexity index is 968. The highest BCUT2D eigenvalue weighted by molar-refractivity contribution is 6.06. The summed E-state index contributed by atoms with van der Waals surface area (Å²) >= 11 is 0. The molecular formula is C25H25NO4. The van der Waals surface area contributed by atoms with E-state index in [2.05, 4.69) is 12.2 Å². The number of nitrogens with one attached hydrogen (secondary N) is 1. The number of hydrogen-bond acceptors (Lipinski definition) is 4. The Balaban J connectivity index is 1.58. The van der Waals surface area contributed by atoms with Crippen molar-refractivity contribution in [2.24, 2.45) is 0 Å². The van der Waals surface area contributed by atoms with Crippen molar-refractivity contribution in [1.29, 1.82) is 0 Å². The molecule has 0 saturated heterocycles. The quantitative estimate of drug-likeness (QED) is 0.300. The van der Waals surface area contributed by atoms with E-state index in [0.717, 1.165) is 18.4 Å². The van der Waals surface area contributed by atoms with Gasteiger partial charge in [-0.1, -0.05) is 55.8 Å². The maximum absolute atomic E-state index is 12.7. The summed E-state index contributed by atoms with van der Waals surface area (Å²) in [6.45, 7) is 2.66. The molecule has 0 radical (unpaired) electrons. The molecule has 0 fully saturated rings. The van der Waals surface area contributed by atoms with Crippen LogP contribution in [0.2, 0.25) is 0 Å². The fraction of sp³-hybridized carbons (Fsp3) is 0.200. The molecule has 0 atom stereocenters. The molecule has 0 aliphatic rings. The van der Waals surface area contributed by atoms with Crippen molar-refractivity contribution < 1.29 is 19.1 Å². The zero-order valence-electron chi connectivity index (χ0n) is 17.0. The summed E-state index contributed by atoms with van der Waals surface area (Å²) in [7, 11) is 0. The van der Waals surface area contributed by atoms with Crippen molar-refractivity contribution in [3.63, 3.8) is 0 Å². The summed E-state index contributed by atoms with van der Waals surface area (Å²) in [4.78, 5) is 24.7. The summed E-state index contributed by atoms with van der Waals surface area (Å²) in [5.41, 5.74) is 1.98. The lowest BCUT2D eigenvalue weighted by Gasteiger charge is -2.12. The highest BCUT2D eigenvalue weighted by Crippen LogP contribution is 2.21. The summed E-state index contributed by atoms with van der Waals surface area (Å²) in [6.07, 6.45) is 2.16. The van der Waals surface area contributed by atoms with Crippen LogP contribution in [0.25, 0.3) is 0 Å². The second-order valence-corrected chi connectivity index (χ2v) is 6.81. The van der Waals surface area contributed by atoms with E-state index in [1.807, 2.05) is 36.4 Å². The van der Waals surface area contributed by atoms with Crippen LogP contribution in [0.1, 0.15) is 35.7 Å². The van der Waals surface area contributed by atoms with Gasteiger partial charge in [0.2, 0.25) is 0 Å². The average Bonchev–Trinajstić information content (AvgIpc) is 2.76. The number of unbranched alkanes of at least 4 members (excludes halogenated alkanes) is 1. The minimum Gasteiger partial charge on any atom is -0.493 e. The van der Waals surface area contributed by atoms with Gasteiger partial charge in [-0.2, -0.15) is 0 Å². The number of anilines is 1. The zero-order valence-corrected chi connectivity index (χ0v) is 17.0. The van der Waals surface area contributed by atoms with Gasteiger partial charge in [-0.3, -0.25) is 9.59 Å². The summed E-state index contributed by atoms with van der Waals surface area (Å²) in [5.74, 6) is 0.402.